The minimum absolute atomic E-state index is 0.104. The average Bonchev–Trinajstić information content (AvgIpc) is 2.75. The molecule has 1 aliphatic rings. The lowest BCUT2D eigenvalue weighted by Crippen LogP contribution is -2.60. The number of hydrogen-bond donors (Lipinski definition) is 1. The van der Waals surface area contributed by atoms with Crippen LogP contribution >= 0.6 is 0 Å². The van der Waals surface area contributed by atoms with Crippen molar-refractivity contribution in [2.24, 2.45) is 0 Å². The summed E-state index contributed by atoms with van der Waals surface area (Å²) in [7, 11) is 1.66. The first kappa shape index (κ1) is 22.6. The van der Waals surface area contributed by atoms with Crippen molar-refractivity contribution in [3.63, 3.8) is 0 Å². The van der Waals surface area contributed by atoms with Gasteiger partial charge in [-0.3, -0.25) is 9.59 Å². The molecule has 1 aliphatic heterocycles. The van der Waals surface area contributed by atoms with Crippen molar-refractivity contribution in [3.05, 3.63) is 58.3 Å². The van der Waals surface area contributed by atoms with Gasteiger partial charge in [-0.15, -0.1) is 0 Å². The van der Waals surface area contributed by atoms with Crippen LogP contribution in [0.1, 0.15) is 11.1 Å². The molecular formula is C21H21F3N6O3. The predicted octanol–water partition coefficient (Wildman–Crippen LogP) is 1.64. The number of aromatic amines is 1. The zero-order valence-corrected chi connectivity index (χ0v) is 17.7. The number of halogens is 3. The van der Waals surface area contributed by atoms with Gasteiger partial charge in [0.2, 0.25) is 11.9 Å². The predicted molar refractivity (Wildman–Crippen MR) is 113 cm³/mol. The van der Waals surface area contributed by atoms with Gasteiger partial charge in [-0.05, 0) is 18.1 Å². The third kappa shape index (κ3) is 4.95. The van der Waals surface area contributed by atoms with Crippen molar-refractivity contribution >= 4 is 22.6 Å². The molecule has 9 nitrogen and oxygen atoms in total. The van der Waals surface area contributed by atoms with E-state index in [1.54, 1.807) is 35.2 Å². The lowest BCUT2D eigenvalue weighted by molar-refractivity contribution is -0.138. The van der Waals surface area contributed by atoms with Crippen LogP contribution in [0.25, 0.3) is 10.8 Å². The van der Waals surface area contributed by atoms with Crippen LogP contribution in [-0.4, -0.2) is 70.4 Å². The van der Waals surface area contributed by atoms with Crippen LogP contribution in [0.5, 0.6) is 0 Å². The Labute approximate surface area is 186 Å². The van der Waals surface area contributed by atoms with Gasteiger partial charge in [-0.1, -0.05) is 12.1 Å². The number of rotatable bonds is 7. The summed E-state index contributed by atoms with van der Waals surface area (Å²) in [5.74, 6) is -0.0104. The van der Waals surface area contributed by atoms with Gasteiger partial charge < -0.3 is 14.5 Å². The maximum atomic E-state index is 12.6. The molecule has 0 aliphatic carbocycles. The fraction of sp³-hybridized carbons (Fsp3) is 0.381. The lowest BCUT2D eigenvalue weighted by Gasteiger charge is -2.43. The summed E-state index contributed by atoms with van der Waals surface area (Å²) in [6, 6.07) is 5.28. The first-order chi connectivity index (χ1) is 15.7. The van der Waals surface area contributed by atoms with E-state index in [2.05, 4.69) is 20.2 Å². The van der Waals surface area contributed by atoms with Gasteiger partial charge in [-0.25, -0.2) is 15.1 Å². The number of carbonyl (C=O) groups excluding carboxylic acids is 1. The molecule has 0 saturated carbocycles. The molecule has 2 aromatic heterocycles. The zero-order chi connectivity index (χ0) is 23.6. The third-order valence-electron chi connectivity index (χ3n) is 5.59. The molecule has 174 valence electrons. The molecule has 1 saturated heterocycles. The Morgan fingerprint density at radius 1 is 1.21 bits per heavy atom. The third-order valence-corrected chi connectivity index (χ3v) is 5.59. The maximum Gasteiger partial charge on any atom is 0.419 e. The number of hydrogen-bond acceptors (Lipinski definition) is 7. The highest BCUT2D eigenvalue weighted by atomic mass is 19.4. The van der Waals surface area contributed by atoms with Crippen molar-refractivity contribution in [3.8, 4) is 0 Å². The van der Waals surface area contributed by atoms with Gasteiger partial charge in [0.25, 0.3) is 5.56 Å². The van der Waals surface area contributed by atoms with E-state index in [1.165, 1.54) is 0 Å². The number of fused-ring (bicyclic) bond motifs is 1. The zero-order valence-electron chi connectivity index (χ0n) is 17.7. The van der Waals surface area contributed by atoms with Crippen LogP contribution < -0.4 is 10.5 Å². The molecule has 1 fully saturated rings. The van der Waals surface area contributed by atoms with E-state index in [0.29, 0.717) is 31.5 Å². The van der Waals surface area contributed by atoms with Gasteiger partial charge >= 0.3 is 6.18 Å². The quantitative estimate of drug-likeness (QED) is 0.533. The summed E-state index contributed by atoms with van der Waals surface area (Å²) in [6.45, 7) is 1.03. The van der Waals surface area contributed by atoms with Crippen molar-refractivity contribution < 1.29 is 22.7 Å². The summed E-state index contributed by atoms with van der Waals surface area (Å²) < 4.78 is 43.4. The number of H-pyrrole nitrogens is 1. The molecule has 0 atom stereocenters. The minimum Gasteiger partial charge on any atom is -0.371 e. The number of alkyl halides is 3. The molecule has 33 heavy (non-hydrogen) atoms. The SMILES string of the molecule is CN(C(=O)COCCc1cccc2c(=O)[nH]ncc12)C1CN(c2ncc(C(F)(F)F)cn2)C1. The Morgan fingerprint density at radius 3 is 2.64 bits per heavy atom. The summed E-state index contributed by atoms with van der Waals surface area (Å²) in [6.07, 6.45) is -0.874. The van der Waals surface area contributed by atoms with E-state index in [-0.39, 0.29) is 30.1 Å². The topological polar surface area (TPSA) is 104 Å². The van der Waals surface area contributed by atoms with E-state index < -0.39 is 11.7 Å². The molecule has 3 heterocycles. The Morgan fingerprint density at radius 2 is 1.94 bits per heavy atom. The number of aromatic nitrogens is 4. The highest BCUT2D eigenvalue weighted by molar-refractivity contribution is 5.83. The molecule has 1 N–H and O–H groups in total. The summed E-state index contributed by atoms with van der Waals surface area (Å²) in [5, 5.41) is 7.52. The molecule has 0 bridgehead atoms. The van der Waals surface area contributed by atoms with Crippen LogP contribution in [0.15, 0.2) is 41.6 Å². The van der Waals surface area contributed by atoms with E-state index in [0.717, 1.165) is 23.3 Å². The maximum absolute atomic E-state index is 12.6. The van der Waals surface area contributed by atoms with Gasteiger partial charge in [-0.2, -0.15) is 18.3 Å². The van der Waals surface area contributed by atoms with E-state index in [4.69, 9.17) is 4.74 Å². The number of likely N-dealkylation sites (N-methyl/N-ethyl adjacent to an activating group) is 1. The fourth-order valence-electron chi connectivity index (χ4n) is 3.54. The molecule has 4 rings (SSSR count). The lowest BCUT2D eigenvalue weighted by atomic mass is 10.1. The smallest absolute Gasteiger partial charge is 0.371 e. The number of amides is 1. The number of nitrogens with zero attached hydrogens (tertiary/aromatic N) is 5. The molecule has 0 spiro atoms. The van der Waals surface area contributed by atoms with Crippen LogP contribution in [0.2, 0.25) is 0 Å². The number of anilines is 1. The van der Waals surface area contributed by atoms with Gasteiger partial charge in [0.05, 0.1) is 29.8 Å². The van der Waals surface area contributed by atoms with E-state index in [1.807, 2.05) is 6.07 Å². The van der Waals surface area contributed by atoms with Crippen LogP contribution in [-0.2, 0) is 22.1 Å². The van der Waals surface area contributed by atoms with Crippen molar-refractivity contribution in [2.45, 2.75) is 18.6 Å². The van der Waals surface area contributed by atoms with E-state index in [9.17, 15) is 22.8 Å². The van der Waals surface area contributed by atoms with Crippen LogP contribution in [0, 0.1) is 0 Å². The Bertz CT molecular complexity index is 1190. The second-order valence-electron chi connectivity index (χ2n) is 7.71. The number of nitrogens with one attached hydrogen (secondary N) is 1. The molecule has 12 heteroatoms. The van der Waals surface area contributed by atoms with Crippen molar-refractivity contribution in [1.82, 2.24) is 25.1 Å². The second-order valence-corrected chi connectivity index (χ2v) is 7.71. The average molecular weight is 462 g/mol. The Kier molecular flexibility index (Phi) is 6.27. The Hall–Kier alpha value is -3.54. The fourth-order valence-corrected chi connectivity index (χ4v) is 3.54. The first-order valence-corrected chi connectivity index (χ1v) is 10.2. The largest absolute Gasteiger partial charge is 0.419 e. The van der Waals surface area contributed by atoms with Crippen LogP contribution in [0.3, 0.4) is 0 Å². The monoisotopic (exact) mass is 462 g/mol. The summed E-state index contributed by atoms with van der Waals surface area (Å²) in [4.78, 5) is 35.0. The highest BCUT2D eigenvalue weighted by Gasteiger charge is 2.35. The molecule has 1 aromatic carbocycles. The van der Waals surface area contributed by atoms with Crippen LogP contribution in [0.4, 0.5) is 19.1 Å². The summed E-state index contributed by atoms with van der Waals surface area (Å²) in [5.41, 5.74) is -0.263. The van der Waals surface area contributed by atoms with Gasteiger partial charge in [0.15, 0.2) is 0 Å². The second kappa shape index (κ2) is 9.14. The molecular weight excluding hydrogens is 441 g/mol. The molecule has 0 radical (unpaired) electrons. The Balaban J connectivity index is 1.23. The van der Waals surface area contributed by atoms with Gasteiger partial charge in [0, 0.05) is 37.9 Å². The van der Waals surface area contributed by atoms with E-state index >= 15 is 0 Å². The molecule has 3 aromatic rings. The summed E-state index contributed by atoms with van der Waals surface area (Å²) >= 11 is 0. The highest BCUT2D eigenvalue weighted by Crippen LogP contribution is 2.29. The minimum atomic E-state index is -4.48. The number of carbonyl (C=O) groups is 1. The molecule has 1 amide bonds. The van der Waals surface area contributed by atoms with Gasteiger partial charge in [0.1, 0.15) is 6.61 Å². The molecule has 0 unspecified atom stereocenters. The number of benzene rings is 1. The number of ether oxygens (including phenoxy) is 1. The first-order valence-electron chi connectivity index (χ1n) is 10.2. The van der Waals surface area contributed by atoms with Crippen molar-refractivity contribution in [1.29, 1.82) is 0 Å². The standard InChI is InChI=1S/C21H21F3N6O3/c1-29(15-10-30(11-15)20-25-7-14(8-26-20)21(22,23)24)18(31)12-33-6-5-13-3-2-4-16-17(13)9-27-28-19(16)32/h2-4,7-9,15H,5-6,10-12H2,1H3,(H,28,32). The van der Waals surface area contributed by atoms with Crippen molar-refractivity contribution in [2.75, 3.05) is 38.3 Å². The normalized spacial score (nSPS) is 14.4.